The van der Waals surface area contributed by atoms with Crippen LogP contribution in [0.5, 0.6) is 0 Å². The van der Waals surface area contributed by atoms with Gasteiger partial charge in [-0.3, -0.25) is 19.5 Å². The first-order valence-electron chi connectivity index (χ1n) is 13.0. The van der Waals surface area contributed by atoms with E-state index in [4.69, 9.17) is 4.74 Å². The lowest BCUT2D eigenvalue weighted by Crippen LogP contribution is -2.48. The average Bonchev–Trinajstić information content (AvgIpc) is 3.21. The molecule has 7 nitrogen and oxygen atoms in total. The minimum absolute atomic E-state index is 0.0814. The number of nitrogens with zero attached hydrogens (tertiary/aromatic N) is 3. The number of fused-ring (bicyclic) bond motifs is 1. The van der Waals surface area contributed by atoms with Crippen LogP contribution in [0, 0.1) is 5.92 Å². The highest BCUT2D eigenvalue weighted by Gasteiger charge is 2.32. The second-order valence-electron chi connectivity index (χ2n) is 10.3. The molecule has 8 heteroatoms. The maximum atomic E-state index is 13.8. The van der Waals surface area contributed by atoms with Gasteiger partial charge < -0.3 is 15.0 Å². The van der Waals surface area contributed by atoms with Crippen molar-refractivity contribution in [3.8, 4) is 0 Å². The van der Waals surface area contributed by atoms with E-state index in [2.05, 4.69) is 29.0 Å². The number of thiophene rings is 1. The van der Waals surface area contributed by atoms with Crippen LogP contribution in [0.1, 0.15) is 70.7 Å². The highest BCUT2D eigenvalue weighted by atomic mass is 32.1. The van der Waals surface area contributed by atoms with Crippen LogP contribution in [-0.2, 0) is 17.6 Å². The van der Waals surface area contributed by atoms with Gasteiger partial charge in [0.25, 0.3) is 11.8 Å². The van der Waals surface area contributed by atoms with Gasteiger partial charge >= 0.3 is 0 Å². The summed E-state index contributed by atoms with van der Waals surface area (Å²) in [6.45, 7) is 8.92. The Balaban J connectivity index is 1.27. The number of pyridine rings is 1. The highest BCUT2D eigenvalue weighted by molar-refractivity contribution is 7.17. The Morgan fingerprint density at radius 1 is 1.14 bits per heavy atom. The molecule has 1 aliphatic carbocycles. The van der Waals surface area contributed by atoms with E-state index in [0.717, 1.165) is 82.4 Å². The Kier molecular flexibility index (Phi) is 7.51. The number of aromatic nitrogens is 1. The molecule has 2 atom stereocenters. The molecule has 3 aliphatic rings. The number of piperidine rings is 1. The normalized spacial score (nSPS) is 23.7. The van der Waals surface area contributed by atoms with Crippen LogP contribution in [-0.4, -0.2) is 71.5 Å². The number of hydrogen-bond acceptors (Lipinski definition) is 6. The van der Waals surface area contributed by atoms with Gasteiger partial charge in [-0.2, -0.15) is 0 Å². The van der Waals surface area contributed by atoms with Gasteiger partial charge in [0.2, 0.25) is 0 Å². The monoisotopic (exact) mass is 496 g/mol. The minimum Gasteiger partial charge on any atom is -0.373 e. The van der Waals surface area contributed by atoms with Crippen LogP contribution >= 0.6 is 11.3 Å². The highest BCUT2D eigenvalue weighted by Crippen LogP contribution is 2.39. The molecule has 2 saturated heterocycles. The summed E-state index contributed by atoms with van der Waals surface area (Å²) in [5.41, 5.74) is 2.40. The third-order valence-electron chi connectivity index (χ3n) is 7.45. The fraction of sp³-hybridized carbons (Fsp3) is 0.593. The van der Waals surface area contributed by atoms with Gasteiger partial charge in [0, 0.05) is 50.0 Å². The van der Waals surface area contributed by atoms with Crippen molar-refractivity contribution >= 4 is 28.2 Å². The van der Waals surface area contributed by atoms with Crippen LogP contribution in [0.15, 0.2) is 24.5 Å². The van der Waals surface area contributed by atoms with Crippen molar-refractivity contribution < 1.29 is 14.3 Å². The third-order valence-corrected chi connectivity index (χ3v) is 8.66. The lowest BCUT2D eigenvalue weighted by molar-refractivity contribution is -0.0728. The fourth-order valence-electron chi connectivity index (χ4n) is 5.83. The molecule has 2 aliphatic heterocycles. The molecule has 0 radical (unpaired) electrons. The van der Waals surface area contributed by atoms with E-state index < -0.39 is 0 Å². The number of nitrogens with one attached hydrogen (secondary N) is 1. The summed E-state index contributed by atoms with van der Waals surface area (Å²) >= 11 is 1.58. The lowest BCUT2D eigenvalue weighted by Gasteiger charge is -2.39. The zero-order valence-corrected chi connectivity index (χ0v) is 21.6. The van der Waals surface area contributed by atoms with Crippen LogP contribution in [0.2, 0.25) is 0 Å². The topological polar surface area (TPSA) is 74.8 Å². The first-order chi connectivity index (χ1) is 17.0. The smallest absolute Gasteiger partial charge is 0.257 e. The van der Waals surface area contributed by atoms with Gasteiger partial charge in [0.05, 0.1) is 23.3 Å². The molecule has 0 saturated carbocycles. The SMILES string of the molecule is CC1CN(CC2CCN(C(=O)c3c(NC(=O)c4cccnc4)sc4c3CCCC4)CC2)CC(C)O1. The van der Waals surface area contributed by atoms with Crippen LogP contribution in [0.25, 0.3) is 0 Å². The van der Waals surface area contributed by atoms with E-state index in [-0.39, 0.29) is 24.0 Å². The second-order valence-corrected chi connectivity index (χ2v) is 11.4. The molecule has 2 fully saturated rings. The Labute approximate surface area is 211 Å². The number of aryl methyl sites for hydroxylation is 1. The second kappa shape index (κ2) is 10.8. The van der Waals surface area contributed by atoms with E-state index >= 15 is 0 Å². The van der Waals surface area contributed by atoms with E-state index in [0.29, 0.717) is 16.5 Å². The Bertz CT molecular complexity index is 1040. The molecule has 188 valence electrons. The first-order valence-corrected chi connectivity index (χ1v) is 13.8. The summed E-state index contributed by atoms with van der Waals surface area (Å²) in [6.07, 6.45) is 9.96. The van der Waals surface area contributed by atoms with Crippen LogP contribution in [0.3, 0.4) is 0 Å². The average molecular weight is 497 g/mol. The lowest BCUT2D eigenvalue weighted by atomic mass is 9.92. The molecule has 0 aromatic carbocycles. The van der Waals surface area contributed by atoms with E-state index in [9.17, 15) is 9.59 Å². The number of hydrogen-bond donors (Lipinski definition) is 1. The van der Waals surface area contributed by atoms with Gasteiger partial charge in [-0.15, -0.1) is 11.3 Å². The number of morpholine rings is 1. The molecule has 35 heavy (non-hydrogen) atoms. The van der Waals surface area contributed by atoms with E-state index in [1.165, 1.54) is 4.88 Å². The number of rotatable bonds is 5. The number of carbonyl (C=O) groups excluding carboxylic acids is 2. The largest absolute Gasteiger partial charge is 0.373 e. The first kappa shape index (κ1) is 24.4. The van der Waals surface area contributed by atoms with Gasteiger partial charge in [-0.25, -0.2) is 0 Å². The molecule has 4 heterocycles. The third kappa shape index (κ3) is 5.60. The standard InChI is InChI=1S/C27H36N4O3S/c1-18-15-30(16-19(2)34-18)17-20-9-12-31(13-10-20)27(33)24-22-7-3-4-8-23(22)35-26(24)29-25(32)21-6-5-11-28-14-21/h5-6,11,14,18-20H,3-4,7-10,12-13,15-17H2,1-2H3,(H,29,32). The Morgan fingerprint density at radius 3 is 2.60 bits per heavy atom. The predicted octanol–water partition coefficient (Wildman–Crippen LogP) is 4.24. The van der Waals surface area contributed by atoms with E-state index in [1.54, 1.807) is 35.9 Å². The zero-order valence-electron chi connectivity index (χ0n) is 20.8. The molecular formula is C27H36N4O3S. The number of ether oxygens (including phenoxy) is 1. The summed E-state index contributed by atoms with van der Waals surface area (Å²) in [7, 11) is 0. The van der Waals surface area contributed by atoms with Crippen molar-refractivity contribution in [1.82, 2.24) is 14.8 Å². The van der Waals surface area contributed by atoms with Gasteiger partial charge in [0.15, 0.2) is 0 Å². The minimum atomic E-state index is -0.210. The molecule has 2 unspecified atom stereocenters. The molecule has 2 aromatic rings. The fourth-order valence-corrected chi connectivity index (χ4v) is 7.10. The molecule has 0 bridgehead atoms. The van der Waals surface area contributed by atoms with Crippen molar-refractivity contribution in [3.63, 3.8) is 0 Å². The quantitative estimate of drug-likeness (QED) is 0.670. The summed E-state index contributed by atoms with van der Waals surface area (Å²) in [5, 5.41) is 3.75. The zero-order chi connectivity index (χ0) is 24.4. The molecule has 1 N–H and O–H groups in total. The van der Waals surface area contributed by atoms with Crippen LogP contribution in [0.4, 0.5) is 5.00 Å². The molecule has 5 rings (SSSR count). The predicted molar refractivity (Wildman–Crippen MR) is 138 cm³/mol. The van der Waals surface area contributed by atoms with E-state index in [1.807, 2.05) is 4.90 Å². The summed E-state index contributed by atoms with van der Waals surface area (Å²) in [6, 6.07) is 3.50. The summed E-state index contributed by atoms with van der Waals surface area (Å²) in [4.78, 5) is 36.5. The van der Waals surface area contributed by atoms with Crippen molar-refractivity contribution in [3.05, 3.63) is 46.1 Å². The molecule has 0 spiro atoms. The van der Waals surface area contributed by atoms with Gasteiger partial charge in [-0.1, -0.05) is 0 Å². The molecule has 2 amide bonds. The molecule has 2 aromatic heterocycles. The summed E-state index contributed by atoms with van der Waals surface area (Å²) in [5.74, 6) is 0.481. The Hall–Kier alpha value is -2.29. The summed E-state index contributed by atoms with van der Waals surface area (Å²) < 4.78 is 5.88. The van der Waals surface area contributed by atoms with Crippen molar-refractivity contribution in [1.29, 1.82) is 0 Å². The van der Waals surface area contributed by atoms with Gasteiger partial charge in [-0.05, 0) is 76.0 Å². The van der Waals surface area contributed by atoms with Crippen LogP contribution < -0.4 is 5.32 Å². The number of anilines is 1. The maximum Gasteiger partial charge on any atom is 0.257 e. The van der Waals surface area contributed by atoms with Crippen molar-refractivity contribution in [2.45, 2.75) is 64.6 Å². The van der Waals surface area contributed by atoms with Crippen molar-refractivity contribution in [2.24, 2.45) is 5.92 Å². The number of amides is 2. The Morgan fingerprint density at radius 2 is 1.89 bits per heavy atom. The molecular weight excluding hydrogens is 460 g/mol. The number of likely N-dealkylation sites (tertiary alicyclic amines) is 1. The number of carbonyl (C=O) groups is 2. The maximum absolute atomic E-state index is 13.8. The van der Waals surface area contributed by atoms with Gasteiger partial charge in [0.1, 0.15) is 5.00 Å². The van der Waals surface area contributed by atoms with Crippen molar-refractivity contribution in [2.75, 3.05) is 38.0 Å².